The third-order valence-corrected chi connectivity index (χ3v) is 3.89. The predicted octanol–water partition coefficient (Wildman–Crippen LogP) is 3.80. The summed E-state index contributed by atoms with van der Waals surface area (Å²) in [5, 5.41) is 6.17. The molecule has 0 saturated heterocycles. The summed E-state index contributed by atoms with van der Waals surface area (Å²) in [7, 11) is 1.33. The lowest BCUT2D eigenvalue weighted by Gasteiger charge is -2.11. The second-order valence-corrected chi connectivity index (χ2v) is 5.70. The number of hydrogen-bond donors (Lipinski definition) is 2. The van der Waals surface area contributed by atoms with Gasteiger partial charge in [-0.1, -0.05) is 30.3 Å². The maximum absolute atomic E-state index is 13.7. The SMILES string of the molecule is COC(=O)c1ccccc1Nc1nccc(NCCc2ccccc2F)n1. The summed E-state index contributed by atoms with van der Waals surface area (Å²) in [5.74, 6) is 0.266. The van der Waals surface area contributed by atoms with E-state index in [0.717, 1.165) is 0 Å². The van der Waals surface area contributed by atoms with E-state index in [9.17, 15) is 9.18 Å². The third kappa shape index (κ3) is 4.78. The molecule has 6 nitrogen and oxygen atoms in total. The van der Waals surface area contributed by atoms with Crippen molar-refractivity contribution in [2.75, 3.05) is 24.3 Å². The van der Waals surface area contributed by atoms with Crippen LogP contribution >= 0.6 is 0 Å². The largest absolute Gasteiger partial charge is 0.465 e. The zero-order valence-electron chi connectivity index (χ0n) is 14.8. The number of para-hydroxylation sites is 1. The number of carbonyl (C=O) groups is 1. The van der Waals surface area contributed by atoms with Crippen LogP contribution in [0.4, 0.5) is 21.8 Å². The minimum absolute atomic E-state index is 0.219. The highest BCUT2D eigenvalue weighted by Crippen LogP contribution is 2.20. The Hall–Kier alpha value is -3.48. The van der Waals surface area contributed by atoms with Crippen molar-refractivity contribution in [3.63, 3.8) is 0 Å². The van der Waals surface area contributed by atoms with E-state index in [0.29, 0.717) is 41.5 Å². The zero-order chi connectivity index (χ0) is 19.1. The number of methoxy groups -OCH3 is 1. The molecule has 138 valence electrons. The van der Waals surface area contributed by atoms with Crippen molar-refractivity contribution in [2.45, 2.75) is 6.42 Å². The monoisotopic (exact) mass is 366 g/mol. The van der Waals surface area contributed by atoms with E-state index in [1.165, 1.54) is 13.2 Å². The van der Waals surface area contributed by atoms with Crippen LogP contribution in [0.2, 0.25) is 0 Å². The Morgan fingerprint density at radius 2 is 1.89 bits per heavy atom. The van der Waals surface area contributed by atoms with Crippen molar-refractivity contribution in [1.82, 2.24) is 9.97 Å². The molecule has 0 saturated carbocycles. The molecule has 0 atom stereocenters. The maximum Gasteiger partial charge on any atom is 0.339 e. The first-order valence-corrected chi connectivity index (χ1v) is 8.42. The molecule has 3 rings (SSSR count). The molecule has 3 aromatic rings. The van der Waals surface area contributed by atoms with E-state index < -0.39 is 5.97 Å². The molecule has 7 heteroatoms. The highest BCUT2D eigenvalue weighted by Gasteiger charge is 2.12. The number of anilines is 3. The number of hydrogen-bond acceptors (Lipinski definition) is 6. The van der Waals surface area contributed by atoms with Crippen LogP contribution in [0, 0.1) is 5.82 Å². The molecule has 1 heterocycles. The second kappa shape index (κ2) is 8.75. The van der Waals surface area contributed by atoms with Crippen LogP contribution in [0.3, 0.4) is 0 Å². The number of esters is 1. The van der Waals surface area contributed by atoms with Gasteiger partial charge in [0.25, 0.3) is 0 Å². The average Bonchev–Trinajstić information content (AvgIpc) is 2.70. The van der Waals surface area contributed by atoms with Crippen molar-refractivity contribution in [1.29, 1.82) is 0 Å². The third-order valence-electron chi connectivity index (χ3n) is 3.89. The Kier molecular flexibility index (Phi) is 5.94. The minimum Gasteiger partial charge on any atom is -0.465 e. The minimum atomic E-state index is -0.447. The number of nitrogens with zero attached hydrogens (tertiary/aromatic N) is 2. The van der Waals surface area contributed by atoms with Crippen LogP contribution in [-0.2, 0) is 11.2 Å². The summed E-state index contributed by atoms with van der Waals surface area (Å²) in [6, 6.07) is 15.3. The number of aromatic nitrogens is 2. The molecular weight excluding hydrogens is 347 g/mol. The van der Waals surface area contributed by atoms with E-state index in [-0.39, 0.29) is 5.82 Å². The highest BCUT2D eigenvalue weighted by atomic mass is 19.1. The molecule has 0 radical (unpaired) electrons. The number of rotatable bonds is 7. The van der Waals surface area contributed by atoms with Gasteiger partial charge in [-0.05, 0) is 36.2 Å². The topological polar surface area (TPSA) is 76.1 Å². The molecule has 1 aromatic heterocycles. The van der Waals surface area contributed by atoms with E-state index in [1.807, 2.05) is 6.07 Å². The summed E-state index contributed by atoms with van der Waals surface area (Å²) < 4.78 is 18.4. The van der Waals surface area contributed by atoms with Crippen LogP contribution in [0.5, 0.6) is 0 Å². The molecule has 27 heavy (non-hydrogen) atoms. The Bertz CT molecular complexity index is 933. The van der Waals surface area contributed by atoms with Gasteiger partial charge in [0.2, 0.25) is 5.95 Å². The number of benzene rings is 2. The summed E-state index contributed by atoms with van der Waals surface area (Å²) in [6.07, 6.45) is 2.13. The second-order valence-electron chi connectivity index (χ2n) is 5.70. The number of halogens is 1. The molecule has 0 unspecified atom stereocenters. The Labute approximate surface area is 156 Å². The van der Waals surface area contributed by atoms with Gasteiger partial charge in [0.15, 0.2) is 0 Å². The first-order chi connectivity index (χ1) is 13.2. The van der Waals surface area contributed by atoms with Crippen molar-refractivity contribution >= 4 is 23.4 Å². The number of ether oxygens (including phenoxy) is 1. The number of nitrogens with one attached hydrogen (secondary N) is 2. The van der Waals surface area contributed by atoms with Gasteiger partial charge in [-0.15, -0.1) is 0 Å². The molecule has 0 amide bonds. The molecular formula is C20H19FN4O2. The Morgan fingerprint density at radius 3 is 2.70 bits per heavy atom. The molecule has 2 N–H and O–H groups in total. The van der Waals surface area contributed by atoms with Crippen LogP contribution in [-0.4, -0.2) is 29.6 Å². The van der Waals surface area contributed by atoms with E-state index >= 15 is 0 Å². The molecule has 0 spiro atoms. The van der Waals surface area contributed by atoms with Crippen LogP contribution in [0.15, 0.2) is 60.8 Å². The fraction of sp³-hybridized carbons (Fsp3) is 0.150. The van der Waals surface area contributed by atoms with Crippen molar-refractivity contribution in [2.24, 2.45) is 0 Å². The van der Waals surface area contributed by atoms with Crippen LogP contribution < -0.4 is 10.6 Å². The molecule has 0 aliphatic carbocycles. The standard InChI is InChI=1S/C20H19FN4O2/c1-27-19(26)15-7-3-5-9-17(15)24-20-23-13-11-18(25-20)22-12-10-14-6-2-4-8-16(14)21/h2-9,11,13H,10,12H2,1H3,(H2,22,23,24,25). The molecule has 0 aliphatic heterocycles. The van der Waals surface area contributed by atoms with Gasteiger partial charge in [0, 0.05) is 12.7 Å². The van der Waals surface area contributed by atoms with E-state index in [4.69, 9.17) is 4.74 Å². The fourth-order valence-electron chi connectivity index (χ4n) is 2.54. The van der Waals surface area contributed by atoms with Gasteiger partial charge in [-0.25, -0.2) is 14.2 Å². The van der Waals surface area contributed by atoms with Gasteiger partial charge >= 0.3 is 5.97 Å². The fourth-order valence-corrected chi connectivity index (χ4v) is 2.54. The zero-order valence-corrected chi connectivity index (χ0v) is 14.8. The average molecular weight is 366 g/mol. The van der Waals surface area contributed by atoms with Crippen molar-refractivity contribution in [3.05, 3.63) is 77.7 Å². The molecule has 2 aromatic carbocycles. The highest BCUT2D eigenvalue weighted by molar-refractivity contribution is 5.96. The molecule has 0 bridgehead atoms. The summed E-state index contributed by atoms with van der Waals surface area (Å²) in [4.78, 5) is 20.4. The lowest BCUT2D eigenvalue weighted by atomic mass is 10.1. The van der Waals surface area contributed by atoms with Gasteiger partial charge in [-0.2, -0.15) is 4.98 Å². The van der Waals surface area contributed by atoms with Crippen LogP contribution in [0.25, 0.3) is 0 Å². The van der Waals surface area contributed by atoms with Crippen LogP contribution in [0.1, 0.15) is 15.9 Å². The summed E-state index contributed by atoms with van der Waals surface area (Å²) >= 11 is 0. The Morgan fingerprint density at radius 1 is 1.11 bits per heavy atom. The molecule has 0 aliphatic rings. The van der Waals surface area contributed by atoms with Gasteiger partial charge in [-0.3, -0.25) is 0 Å². The Balaban J connectivity index is 1.66. The quantitative estimate of drug-likeness (QED) is 0.620. The number of carbonyl (C=O) groups excluding carboxylic acids is 1. The summed E-state index contributed by atoms with van der Waals surface area (Å²) in [5.41, 5.74) is 1.58. The smallest absolute Gasteiger partial charge is 0.339 e. The van der Waals surface area contributed by atoms with Crippen molar-refractivity contribution in [3.8, 4) is 0 Å². The summed E-state index contributed by atoms with van der Waals surface area (Å²) in [6.45, 7) is 0.524. The van der Waals surface area contributed by atoms with Gasteiger partial charge < -0.3 is 15.4 Å². The lowest BCUT2D eigenvalue weighted by molar-refractivity contribution is 0.0602. The first-order valence-electron chi connectivity index (χ1n) is 8.42. The predicted molar refractivity (Wildman–Crippen MR) is 102 cm³/mol. The maximum atomic E-state index is 13.7. The van der Waals surface area contributed by atoms with E-state index in [1.54, 1.807) is 48.7 Å². The normalized spacial score (nSPS) is 10.3. The van der Waals surface area contributed by atoms with E-state index in [2.05, 4.69) is 20.6 Å². The van der Waals surface area contributed by atoms with Gasteiger partial charge in [0.1, 0.15) is 11.6 Å². The lowest BCUT2D eigenvalue weighted by Crippen LogP contribution is -2.10. The van der Waals surface area contributed by atoms with Crippen molar-refractivity contribution < 1.29 is 13.9 Å². The van der Waals surface area contributed by atoms with Gasteiger partial charge in [0.05, 0.1) is 18.4 Å². The molecule has 0 fully saturated rings. The first kappa shape index (κ1) is 18.3.